The summed E-state index contributed by atoms with van der Waals surface area (Å²) in [6.45, 7) is 2.23. The molecule has 0 radical (unpaired) electrons. The van der Waals surface area contributed by atoms with Crippen LogP contribution in [0.1, 0.15) is 26.7 Å². The van der Waals surface area contributed by atoms with Crippen LogP contribution in [0.2, 0.25) is 0 Å². The van der Waals surface area contributed by atoms with E-state index in [1.807, 2.05) is 0 Å². The van der Waals surface area contributed by atoms with Gasteiger partial charge >= 0.3 is 0 Å². The molecule has 0 aliphatic heterocycles. The van der Waals surface area contributed by atoms with E-state index in [0.717, 1.165) is 4.90 Å². The summed E-state index contributed by atoms with van der Waals surface area (Å²) in [6, 6.07) is 0. The number of aliphatic hydroxyl groups is 1. The van der Waals surface area contributed by atoms with E-state index in [0.29, 0.717) is 12.8 Å². The minimum absolute atomic E-state index is 0.00899. The van der Waals surface area contributed by atoms with Gasteiger partial charge in [-0.3, -0.25) is 4.79 Å². The van der Waals surface area contributed by atoms with Gasteiger partial charge < -0.3 is 15.7 Å². The van der Waals surface area contributed by atoms with Gasteiger partial charge in [-0.05, 0) is 12.8 Å². The second-order valence-electron chi connectivity index (χ2n) is 4.02. The van der Waals surface area contributed by atoms with Gasteiger partial charge in [0.1, 0.15) is 0 Å². The Labute approximate surface area is 111 Å². The second-order valence-corrected chi connectivity index (χ2v) is 4.46. The maximum Gasteiger partial charge on any atom is 0.255 e. The van der Waals surface area contributed by atoms with Gasteiger partial charge in [0.2, 0.25) is 5.91 Å². The SMILES string of the molecule is CCC(CC)(C(=O)N(CCO)CC(F)F)C(N)=S. The molecule has 1 amide bonds. The highest BCUT2D eigenvalue weighted by molar-refractivity contribution is 7.80. The van der Waals surface area contributed by atoms with E-state index in [4.69, 9.17) is 23.1 Å². The van der Waals surface area contributed by atoms with Crippen LogP contribution in [0.5, 0.6) is 0 Å². The van der Waals surface area contributed by atoms with E-state index in [2.05, 4.69) is 0 Å². The fourth-order valence-corrected chi connectivity index (χ4v) is 2.25. The zero-order valence-electron chi connectivity index (χ0n) is 10.7. The van der Waals surface area contributed by atoms with Crippen molar-refractivity contribution in [1.82, 2.24) is 4.90 Å². The summed E-state index contributed by atoms with van der Waals surface area (Å²) in [4.78, 5) is 13.2. The molecule has 0 fully saturated rings. The van der Waals surface area contributed by atoms with Crippen LogP contribution in [-0.2, 0) is 4.79 Å². The number of rotatable bonds is 8. The molecule has 0 saturated heterocycles. The van der Waals surface area contributed by atoms with Gasteiger partial charge in [0, 0.05) is 6.54 Å². The Bertz CT molecular complexity index is 297. The summed E-state index contributed by atoms with van der Waals surface area (Å²) >= 11 is 4.90. The molecule has 7 heteroatoms. The van der Waals surface area contributed by atoms with Crippen LogP contribution >= 0.6 is 12.2 Å². The first kappa shape index (κ1) is 17.2. The molecule has 0 aliphatic rings. The molecule has 0 heterocycles. The van der Waals surface area contributed by atoms with Crippen molar-refractivity contribution in [1.29, 1.82) is 0 Å². The second kappa shape index (κ2) is 7.58. The number of nitrogens with zero attached hydrogens (tertiary/aromatic N) is 1. The van der Waals surface area contributed by atoms with Crippen molar-refractivity contribution in [3.8, 4) is 0 Å². The topological polar surface area (TPSA) is 66.6 Å². The van der Waals surface area contributed by atoms with Crippen molar-refractivity contribution in [3.05, 3.63) is 0 Å². The average molecular weight is 282 g/mol. The van der Waals surface area contributed by atoms with E-state index < -0.39 is 24.3 Å². The third-order valence-electron chi connectivity index (χ3n) is 3.10. The molecule has 0 aliphatic carbocycles. The van der Waals surface area contributed by atoms with Crippen LogP contribution in [0.25, 0.3) is 0 Å². The Morgan fingerprint density at radius 2 is 1.94 bits per heavy atom. The lowest BCUT2D eigenvalue weighted by Gasteiger charge is -2.35. The quantitative estimate of drug-likeness (QED) is 0.656. The van der Waals surface area contributed by atoms with Gasteiger partial charge in [-0.2, -0.15) is 0 Å². The third-order valence-corrected chi connectivity index (χ3v) is 3.49. The van der Waals surface area contributed by atoms with E-state index >= 15 is 0 Å². The highest BCUT2D eigenvalue weighted by Gasteiger charge is 2.41. The summed E-state index contributed by atoms with van der Waals surface area (Å²) in [5.74, 6) is -0.533. The molecule has 0 saturated carbocycles. The first-order valence-electron chi connectivity index (χ1n) is 5.84. The van der Waals surface area contributed by atoms with E-state index in [-0.39, 0.29) is 18.1 Å². The van der Waals surface area contributed by atoms with Crippen LogP contribution in [0.4, 0.5) is 8.78 Å². The predicted molar refractivity (Wildman–Crippen MR) is 69.5 cm³/mol. The molecular formula is C11H20F2N2O2S. The van der Waals surface area contributed by atoms with E-state index in [9.17, 15) is 13.6 Å². The molecule has 0 unspecified atom stereocenters. The third kappa shape index (κ3) is 3.84. The number of thiocarbonyl (C=S) groups is 1. The summed E-state index contributed by atoms with van der Waals surface area (Å²) in [6.07, 6.45) is -1.95. The van der Waals surface area contributed by atoms with Crippen molar-refractivity contribution < 1.29 is 18.7 Å². The van der Waals surface area contributed by atoms with E-state index in [1.54, 1.807) is 13.8 Å². The molecule has 4 nitrogen and oxygen atoms in total. The van der Waals surface area contributed by atoms with Gasteiger partial charge in [0.05, 0.1) is 23.6 Å². The number of hydrogen-bond donors (Lipinski definition) is 2. The predicted octanol–water partition coefficient (Wildman–Crippen LogP) is 1.16. The number of halogens is 2. The molecule has 0 bridgehead atoms. The van der Waals surface area contributed by atoms with Gasteiger partial charge in [-0.15, -0.1) is 0 Å². The lowest BCUT2D eigenvalue weighted by molar-refractivity contribution is -0.141. The van der Waals surface area contributed by atoms with Crippen LogP contribution in [0.3, 0.4) is 0 Å². The maximum atomic E-state index is 12.4. The Balaban J connectivity index is 5.18. The van der Waals surface area contributed by atoms with Gasteiger partial charge in [0.15, 0.2) is 0 Å². The smallest absolute Gasteiger partial charge is 0.255 e. The average Bonchev–Trinajstić information content (AvgIpc) is 2.29. The highest BCUT2D eigenvalue weighted by atomic mass is 32.1. The molecular weight excluding hydrogens is 262 g/mol. The van der Waals surface area contributed by atoms with E-state index in [1.165, 1.54) is 0 Å². The normalized spacial score (nSPS) is 11.7. The number of carbonyl (C=O) groups excluding carboxylic acids is 1. The monoisotopic (exact) mass is 282 g/mol. The number of nitrogens with two attached hydrogens (primary N) is 1. The minimum atomic E-state index is -2.65. The largest absolute Gasteiger partial charge is 0.395 e. The Morgan fingerprint density at radius 1 is 1.44 bits per heavy atom. The molecule has 0 aromatic carbocycles. The Kier molecular flexibility index (Phi) is 7.23. The minimum Gasteiger partial charge on any atom is -0.395 e. The summed E-state index contributed by atoms with van der Waals surface area (Å²) in [7, 11) is 0. The molecule has 3 N–H and O–H groups in total. The van der Waals surface area contributed by atoms with Gasteiger partial charge in [-0.1, -0.05) is 26.1 Å². The first-order valence-corrected chi connectivity index (χ1v) is 6.24. The zero-order valence-corrected chi connectivity index (χ0v) is 11.5. The number of alkyl halides is 2. The van der Waals surface area contributed by atoms with Crippen LogP contribution in [0.15, 0.2) is 0 Å². The van der Waals surface area contributed by atoms with Crippen molar-refractivity contribution >= 4 is 23.1 Å². The summed E-state index contributed by atoms with van der Waals surface area (Å²) in [5.41, 5.74) is 4.49. The Hall–Kier alpha value is -0.820. The zero-order chi connectivity index (χ0) is 14.3. The van der Waals surface area contributed by atoms with Crippen molar-refractivity contribution in [2.45, 2.75) is 33.1 Å². The number of hydrogen-bond acceptors (Lipinski definition) is 3. The fraction of sp³-hybridized carbons (Fsp3) is 0.818. The number of amides is 1. The highest BCUT2D eigenvalue weighted by Crippen LogP contribution is 2.29. The first-order chi connectivity index (χ1) is 8.35. The molecule has 0 atom stereocenters. The molecule has 106 valence electrons. The molecule has 18 heavy (non-hydrogen) atoms. The maximum absolute atomic E-state index is 12.4. The van der Waals surface area contributed by atoms with Gasteiger partial charge in [-0.25, -0.2) is 8.78 Å². The van der Waals surface area contributed by atoms with Crippen LogP contribution in [-0.4, -0.2) is 47.0 Å². The Morgan fingerprint density at radius 3 is 2.22 bits per heavy atom. The summed E-state index contributed by atoms with van der Waals surface area (Å²) < 4.78 is 24.9. The molecule has 0 spiro atoms. The van der Waals surface area contributed by atoms with Crippen LogP contribution < -0.4 is 5.73 Å². The van der Waals surface area contributed by atoms with Gasteiger partial charge in [0.25, 0.3) is 6.43 Å². The van der Waals surface area contributed by atoms with Crippen molar-refractivity contribution in [3.63, 3.8) is 0 Å². The lowest BCUT2D eigenvalue weighted by Crippen LogP contribution is -2.52. The standard InChI is InChI=1S/C11H20F2N2O2S/c1-3-11(4-2,9(14)18)10(17)15(5-6-16)7-8(12)13/h8,16H,3-7H2,1-2H3,(H2,14,18). The summed E-state index contributed by atoms with van der Waals surface area (Å²) in [5, 5.41) is 8.85. The van der Waals surface area contributed by atoms with Crippen molar-refractivity contribution in [2.24, 2.45) is 11.1 Å². The number of aliphatic hydroxyl groups excluding tert-OH is 1. The molecule has 0 aromatic rings. The number of carbonyl (C=O) groups is 1. The molecule has 0 aromatic heterocycles. The molecule has 0 rings (SSSR count). The van der Waals surface area contributed by atoms with Crippen molar-refractivity contribution in [2.75, 3.05) is 19.7 Å². The lowest BCUT2D eigenvalue weighted by atomic mass is 9.80. The van der Waals surface area contributed by atoms with Crippen LogP contribution in [0, 0.1) is 5.41 Å². The fourth-order valence-electron chi connectivity index (χ4n) is 1.87.